The van der Waals surface area contributed by atoms with E-state index in [0.717, 1.165) is 25.9 Å². The number of nitrogens with one attached hydrogen (secondary N) is 2. The summed E-state index contributed by atoms with van der Waals surface area (Å²) in [6.07, 6.45) is 3.12. The van der Waals surface area contributed by atoms with E-state index in [1.165, 1.54) is 6.20 Å². The molecule has 6 heteroatoms. The van der Waals surface area contributed by atoms with E-state index in [0.29, 0.717) is 18.5 Å². The predicted molar refractivity (Wildman–Crippen MR) is 81.6 cm³/mol. The van der Waals surface area contributed by atoms with Gasteiger partial charge in [-0.3, -0.25) is 0 Å². The maximum absolute atomic E-state index is 13.6. The third-order valence-electron chi connectivity index (χ3n) is 3.14. The highest BCUT2D eigenvalue weighted by molar-refractivity contribution is 5.40. The Morgan fingerprint density at radius 2 is 2.05 bits per heavy atom. The molecule has 0 fully saturated rings. The average molecular weight is 283 g/mol. The number of hydrogen-bond donors (Lipinski definition) is 2. The summed E-state index contributed by atoms with van der Waals surface area (Å²) >= 11 is 0. The maximum atomic E-state index is 13.6. The van der Waals surface area contributed by atoms with Crippen molar-refractivity contribution >= 4 is 11.8 Å². The third kappa shape index (κ3) is 5.69. The van der Waals surface area contributed by atoms with Crippen LogP contribution in [-0.4, -0.2) is 47.6 Å². The largest absolute Gasteiger partial charge is 0.367 e. The van der Waals surface area contributed by atoms with Gasteiger partial charge in [0.05, 0.1) is 6.20 Å². The lowest BCUT2D eigenvalue weighted by Crippen LogP contribution is -2.28. The molecule has 0 aliphatic heterocycles. The lowest BCUT2D eigenvalue weighted by molar-refractivity contribution is 0.273. The van der Waals surface area contributed by atoms with E-state index in [1.54, 1.807) is 0 Å². The summed E-state index contributed by atoms with van der Waals surface area (Å²) in [6.45, 7) is 8.81. The lowest BCUT2D eigenvalue weighted by atomic mass is 10.3. The molecule has 0 aliphatic carbocycles. The summed E-state index contributed by atoms with van der Waals surface area (Å²) < 4.78 is 13.6. The van der Waals surface area contributed by atoms with Crippen LogP contribution in [-0.2, 0) is 0 Å². The molecule has 0 aliphatic rings. The third-order valence-corrected chi connectivity index (χ3v) is 3.14. The fourth-order valence-corrected chi connectivity index (χ4v) is 1.61. The maximum Gasteiger partial charge on any atom is 0.224 e. The van der Waals surface area contributed by atoms with E-state index >= 15 is 0 Å². The van der Waals surface area contributed by atoms with E-state index < -0.39 is 5.82 Å². The normalized spacial score (nSPS) is 11.2. The van der Waals surface area contributed by atoms with Gasteiger partial charge < -0.3 is 15.5 Å². The molecule has 0 bridgehead atoms. The minimum absolute atomic E-state index is 0.269. The summed E-state index contributed by atoms with van der Waals surface area (Å²) in [5.41, 5.74) is 0. The van der Waals surface area contributed by atoms with Gasteiger partial charge in [0.1, 0.15) is 0 Å². The SMILES string of the molecule is CCCNc1ncc(F)c(NCCCN(C)C(C)C)n1. The second kappa shape index (κ2) is 8.68. The van der Waals surface area contributed by atoms with Crippen molar-refractivity contribution in [2.75, 3.05) is 37.3 Å². The quantitative estimate of drug-likeness (QED) is 0.682. The van der Waals surface area contributed by atoms with Gasteiger partial charge in [-0.1, -0.05) is 6.92 Å². The molecule has 0 radical (unpaired) electrons. The molecular formula is C14H26FN5. The number of anilines is 2. The van der Waals surface area contributed by atoms with E-state index in [4.69, 9.17) is 0 Å². The van der Waals surface area contributed by atoms with Crippen LogP contribution in [0.1, 0.15) is 33.6 Å². The zero-order valence-electron chi connectivity index (χ0n) is 12.9. The molecule has 0 aromatic carbocycles. The van der Waals surface area contributed by atoms with Gasteiger partial charge in [0.25, 0.3) is 0 Å². The molecule has 5 nitrogen and oxygen atoms in total. The molecule has 0 amide bonds. The van der Waals surface area contributed by atoms with Crippen molar-refractivity contribution in [1.82, 2.24) is 14.9 Å². The van der Waals surface area contributed by atoms with Crippen LogP contribution < -0.4 is 10.6 Å². The number of hydrogen-bond acceptors (Lipinski definition) is 5. The van der Waals surface area contributed by atoms with Crippen molar-refractivity contribution in [2.24, 2.45) is 0 Å². The molecule has 0 saturated heterocycles. The first-order valence-electron chi connectivity index (χ1n) is 7.25. The molecule has 0 spiro atoms. The van der Waals surface area contributed by atoms with Gasteiger partial charge in [-0.15, -0.1) is 0 Å². The standard InChI is InChI=1S/C14H26FN5/c1-5-7-17-14-18-10-12(15)13(19-14)16-8-6-9-20(4)11(2)3/h10-11H,5-9H2,1-4H3,(H2,16,17,18,19). The second-order valence-electron chi connectivity index (χ2n) is 5.17. The van der Waals surface area contributed by atoms with Crippen LogP contribution in [0, 0.1) is 5.82 Å². The smallest absolute Gasteiger partial charge is 0.224 e. The number of rotatable bonds is 9. The van der Waals surface area contributed by atoms with Gasteiger partial charge in [-0.05, 0) is 40.3 Å². The van der Waals surface area contributed by atoms with Gasteiger partial charge in [0.2, 0.25) is 5.95 Å². The Morgan fingerprint density at radius 3 is 2.70 bits per heavy atom. The Morgan fingerprint density at radius 1 is 1.30 bits per heavy atom. The Kier molecular flexibility index (Phi) is 7.22. The molecule has 0 saturated carbocycles. The monoisotopic (exact) mass is 283 g/mol. The van der Waals surface area contributed by atoms with E-state index in [-0.39, 0.29) is 5.82 Å². The van der Waals surface area contributed by atoms with Crippen LogP contribution in [0.4, 0.5) is 16.2 Å². The summed E-state index contributed by atoms with van der Waals surface area (Å²) in [6, 6.07) is 0.524. The zero-order chi connectivity index (χ0) is 15.0. The van der Waals surface area contributed by atoms with Crippen molar-refractivity contribution < 1.29 is 4.39 Å². The van der Waals surface area contributed by atoms with Gasteiger partial charge in [-0.25, -0.2) is 9.37 Å². The van der Waals surface area contributed by atoms with Crippen molar-refractivity contribution in [3.8, 4) is 0 Å². The summed E-state index contributed by atoms with van der Waals surface area (Å²) in [4.78, 5) is 10.3. The number of nitrogens with zero attached hydrogens (tertiary/aromatic N) is 3. The van der Waals surface area contributed by atoms with Gasteiger partial charge in [0, 0.05) is 19.1 Å². The minimum Gasteiger partial charge on any atom is -0.367 e. The molecule has 114 valence electrons. The molecule has 1 aromatic rings. The Balaban J connectivity index is 2.42. The number of halogens is 1. The molecule has 1 aromatic heterocycles. The van der Waals surface area contributed by atoms with Crippen molar-refractivity contribution in [3.05, 3.63) is 12.0 Å². The van der Waals surface area contributed by atoms with E-state index in [2.05, 4.69) is 53.3 Å². The first kappa shape index (κ1) is 16.6. The molecule has 1 heterocycles. The van der Waals surface area contributed by atoms with Crippen molar-refractivity contribution in [2.45, 2.75) is 39.7 Å². The molecular weight excluding hydrogens is 257 g/mol. The van der Waals surface area contributed by atoms with E-state index in [9.17, 15) is 4.39 Å². The van der Waals surface area contributed by atoms with Crippen molar-refractivity contribution in [1.29, 1.82) is 0 Å². The van der Waals surface area contributed by atoms with Crippen molar-refractivity contribution in [3.63, 3.8) is 0 Å². The van der Waals surface area contributed by atoms with Crippen LogP contribution in [0.3, 0.4) is 0 Å². The second-order valence-corrected chi connectivity index (χ2v) is 5.17. The molecule has 1 rings (SSSR count). The highest BCUT2D eigenvalue weighted by atomic mass is 19.1. The van der Waals surface area contributed by atoms with Crippen LogP contribution in [0.25, 0.3) is 0 Å². The molecule has 2 N–H and O–H groups in total. The Hall–Kier alpha value is -1.43. The Labute approximate surface area is 121 Å². The first-order chi connectivity index (χ1) is 9.54. The molecule has 0 atom stereocenters. The fourth-order valence-electron chi connectivity index (χ4n) is 1.61. The fraction of sp³-hybridized carbons (Fsp3) is 0.714. The first-order valence-corrected chi connectivity index (χ1v) is 7.25. The topological polar surface area (TPSA) is 53.1 Å². The van der Waals surface area contributed by atoms with Gasteiger partial charge >= 0.3 is 0 Å². The Bertz CT molecular complexity index is 397. The highest BCUT2D eigenvalue weighted by Crippen LogP contribution is 2.11. The summed E-state index contributed by atoms with van der Waals surface area (Å²) in [7, 11) is 2.09. The average Bonchev–Trinajstić information content (AvgIpc) is 2.43. The van der Waals surface area contributed by atoms with E-state index in [1.807, 2.05) is 0 Å². The van der Waals surface area contributed by atoms with Gasteiger partial charge in [-0.2, -0.15) is 4.98 Å². The van der Waals surface area contributed by atoms with Crippen LogP contribution in [0.5, 0.6) is 0 Å². The zero-order valence-corrected chi connectivity index (χ0v) is 12.9. The summed E-state index contributed by atoms with van der Waals surface area (Å²) in [5, 5.41) is 6.08. The minimum atomic E-state index is -0.413. The lowest BCUT2D eigenvalue weighted by Gasteiger charge is -2.20. The molecule has 0 unspecified atom stereocenters. The van der Waals surface area contributed by atoms with Crippen LogP contribution in [0.2, 0.25) is 0 Å². The van der Waals surface area contributed by atoms with Gasteiger partial charge in [0.15, 0.2) is 11.6 Å². The van der Waals surface area contributed by atoms with Crippen LogP contribution >= 0.6 is 0 Å². The molecule has 20 heavy (non-hydrogen) atoms. The predicted octanol–water partition coefficient (Wildman–Crippen LogP) is 2.58. The summed E-state index contributed by atoms with van der Waals surface area (Å²) in [5.74, 6) is 0.324. The van der Waals surface area contributed by atoms with Crippen LogP contribution in [0.15, 0.2) is 6.20 Å². The highest BCUT2D eigenvalue weighted by Gasteiger charge is 2.07. The number of aromatic nitrogens is 2.